The van der Waals surface area contributed by atoms with E-state index in [2.05, 4.69) is 15.5 Å². The van der Waals surface area contributed by atoms with Crippen LogP contribution in [0.3, 0.4) is 0 Å². The number of nitrogens with one attached hydrogen (secondary N) is 1. The third-order valence-corrected chi connectivity index (χ3v) is 3.81. The zero-order chi connectivity index (χ0) is 17.8. The Labute approximate surface area is 145 Å². The van der Waals surface area contributed by atoms with Crippen molar-refractivity contribution in [3.05, 3.63) is 59.2 Å². The number of ether oxygens (including phenoxy) is 1. The summed E-state index contributed by atoms with van der Waals surface area (Å²) in [6.07, 6.45) is 0.214. The quantitative estimate of drug-likeness (QED) is 0.770. The molecule has 1 heterocycles. The molecule has 6 heteroatoms. The van der Waals surface area contributed by atoms with E-state index >= 15 is 0 Å². The van der Waals surface area contributed by atoms with E-state index in [1.165, 1.54) is 0 Å². The Morgan fingerprint density at radius 1 is 1.12 bits per heavy atom. The number of anilines is 1. The van der Waals surface area contributed by atoms with E-state index in [1.807, 2.05) is 56.3 Å². The molecule has 2 aromatic carbocycles. The monoisotopic (exact) mass is 337 g/mol. The van der Waals surface area contributed by atoms with Gasteiger partial charge in [-0.2, -0.15) is 0 Å². The van der Waals surface area contributed by atoms with Gasteiger partial charge in [0.2, 0.25) is 11.8 Å². The average molecular weight is 337 g/mol. The maximum Gasteiger partial charge on any atom is 0.322 e. The SMILES string of the molecule is COc1ccc(CC(=O)Nc2nnc(-c3ccc(C)cc3C)o2)cc1. The van der Waals surface area contributed by atoms with Gasteiger partial charge in [-0.3, -0.25) is 10.1 Å². The van der Waals surface area contributed by atoms with Crippen molar-refractivity contribution in [1.82, 2.24) is 10.2 Å². The lowest BCUT2D eigenvalue weighted by atomic mass is 10.1. The molecule has 0 saturated heterocycles. The zero-order valence-corrected chi connectivity index (χ0v) is 14.4. The number of rotatable bonds is 5. The summed E-state index contributed by atoms with van der Waals surface area (Å²) < 4.78 is 10.7. The van der Waals surface area contributed by atoms with Crippen LogP contribution in [0.2, 0.25) is 0 Å². The first kappa shape index (κ1) is 16.7. The Bertz CT molecular complexity index is 885. The van der Waals surface area contributed by atoms with Crippen LogP contribution < -0.4 is 10.1 Å². The summed E-state index contributed by atoms with van der Waals surface area (Å²) in [5.41, 5.74) is 3.93. The molecular weight excluding hydrogens is 318 g/mol. The summed E-state index contributed by atoms with van der Waals surface area (Å²) in [5, 5.41) is 10.5. The number of hydrogen-bond acceptors (Lipinski definition) is 5. The van der Waals surface area contributed by atoms with Gasteiger partial charge < -0.3 is 9.15 Å². The average Bonchev–Trinajstić information content (AvgIpc) is 3.03. The molecule has 0 atom stereocenters. The van der Waals surface area contributed by atoms with E-state index in [0.29, 0.717) is 5.89 Å². The van der Waals surface area contributed by atoms with E-state index < -0.39 is 0 Å². The van der Waals surface area contributed by atoms with Gasteiger partial charge in [0.1, 0.15) is 5.75 Å². The molecule has 6 nitrogen and oxygen atoms in total. The largest absolute Gasteiger partial charge is 0.497 e. The highest BCUT2D eigenvalue weighted by Gasteiger charge is 2.13. The summed E-state index contributed by atoms with van der Waals surface area (Å²) >= 11 is 0. The normalized spacial score (nSPS) is 10.5. The minimum Gasteiger partial charge on any atom is -0.497 e. The van der Waals surface area contributed by atoms with Gasteiger partial charge in [-0.05, 0) is 43.2 Å². The molecule has 0 bridgehead atoms. The smallest absolute Gasteiger partial charge is 0.322 e. The molecule has 1 aromatic heterocycles. The molecule has 128 valence electrons. The molecule has 3 rings (SSSR count). The number of methoxy groups -OCH3 is 1. The van der Waals surface area contributed by atoms with Gasteiger partial charge in [0.25, 0.3) is 0 Å². The van der Waals surface area contributed by atoms with E-state index in [9.17, 15) is 4.79 Å². The highest BCUT2D eigenvalue weighted by Crippen LogP contribution is 2.24. The number of nitrogens with zero attached hydrogens (tertiary/aromatic N) is 2. The number of aryl methyl sites for hydroxylation is 2. The molecule has 0 aliphatic rings. The van der Waals surface area contributed by atoms with Crippen molar-refractivity contribution in [3.63, 3.8) is 0 Å². The van der Waals surface area contributed by atoms with Crippen LogP contribution in [-0.4, -0.2) is 23.2 Å². The van der Waals surface area contributed by atoms with Gasteiger partial charge in [0.15, 0.2) is 0 Å². The number of carbonyl (C=O) groups is 1. The van der Waals surface area contributed by atoms with Crippen LogP contribution in [0, 0.1) is 13.8 Å². The van der Waals surface area contributed by atoms with E-state index in [0.717, 1.165) is 28.0 Å². The van der Waals surface area contributed by atoms with Gasteiger partial charge in [0.05, 0.1) is 13.5 Å². The Kier molecular flexibility index (Phi) is 4.79. The first-order valence-electron chi connectivity index (χ1n) is 7.89. The standard InChI is InChI=1S/C19H19N3O3/c1-12-4-9-16(13(2)10-12)18-21-22-19(25-18)20-17(23)11-14-5-7-15(24-3)8-6-14/h4-10H,11H2,1-3H3,(H,20,22,23). The van der Waals surface area contributed by atoms with Crippen molar-refractivity contribution < 1.29 is 13.9 Å². The number of hydrogen-bond donors (Lipinski definition) is 1. The van der Waals surface area contributed by atoms with Crippen molar-refractivity contribution >= 4 is 11.9 Å². The predicted octanol–water partition coefficient (Wildman–Crippen LogP) is 3.54. The third-order valence-electron chi connectivity index (χ3n) is 3.81. The number of benzene rings is 2. The third kappa shape index (κ3) is 4.03. The molecule has 3 aromatic rings. The first-order chi connectivity index (χ1) is 12.0. The molecule has 0 saturated carbocycles. The fourth-order valence-electron chi connectivity index (χ4n) is 2.53. The van der Waals surface area contributed by atoms with Gasteiger partial charge in [-0.15, -0.1) is 5.10 Å². The summed E-state index contributed by atoms with van der Waals surface area (Å²) in [7, 11) is 1.60. The van der Waals surface area contributed by atoms with Crippen LogP contribution >= 0.6 is 0 Å². The lowest BCUT2D eigenvalue weighted by Gasteiger charge is -2.03. The van der Waals surface area contributed by atoms with Gasteiger partial charge in [-0.1, -0.05) is 34.9 Å². The minimum atomic E-state index is -0.221. The number of carbonyl (C=O) groups excluding carboxylic acids is 1. The van der Waals surface area contributed by atoms with Crippen LogP contribution in [0.5, 0.6) is 5.75 Å². The minimum absolute atomic E-state index is 0.0912. The predicted molar refractivity (Wildman–Crippen MR) is 94.5 cm³/mol. The van der Waals surface area contributed by atoms with Gasteiger partial charge in [0, 0.05) is 5.56 Å². The van der Waals surface area contributed by atoms with Gasteiger partial charge in [-0.25, -0.2) is 0 Å². The summed E-state index contributed by atoms with van der Waals surface area (Å²) in [6.45, 7) is 4.00. The lowest BCUT2D eigenvalue weighted by Crippen LogP contribution is -2.14. The van der Waals surface area contributed by atoms with Crippen molar-refractivity contribution in [2.45, 2.75) is 20.3 Å². The molecule has 0 aliphatic carbocycles. The van der Waals surface area contributed by atoms with Gasteiger partial charge >= 0.3 is 6.01 Å². The first-order valence-corrected chi connectivity index (χ1v) is 7.89. The molecule has 1 amide bonds. The molecule has 0 unspecified atom stereocenters. The topological polar surface area (TPSA) is 77.2 Å². The number of amides is 1. The summed E-state index contributed by atoms with van der Waals surface area (Å²) in [6, 6.07) is 13.4. The molecule has 0 fully saturated rings. The summed E-state index contributed by atoms with van der Waals surface area (Å²) in [5.74, 6) is 0.914. The second kappa shape index (κ2) is 7.17. The second-order valence-electron chi connectivity index (χ2n) is 5.80. The fourth-order valence-corrected chi connectivity index (χ4v) is 2.53. The van der Waals surface area contributed by atoms with E-state index in [-0.39, 0.29) is 18.3 Å². The van der Waals surface area contributed by atoms with Crippen molar-refractivity contribution in [1.29, 1.82) is 0 Å². The van der Waals surface area contributed by atoms with Crippen LogP contribution in [0.15, 0.2) is 46.9 Å². The highest BCUT2D eigenvalue weighted by molar-refractivity contribution is 5.90. The van der Waals surface area contributed by atoms with Crippen LogP contribution in [-0.2, 0) is 11.2 Å². The molecular formula is C19H19N3O3. The van der Waals surface area contributed by atoms with E-state index in [1.54, 1.807) is 7.11 Å². The second-order valence-corrected chi connectivity index (χ2v) is 5.80. The van der Waals surface area contributed by atoms with Crippen molar-refractivity contribution in [2.75, 3.05) is 12.4 Å². The van der Waals surface area contributed by atoms with Crippen LogP contribution in [0.25, 0.3) is 11.5 Å². The van der Waals surface area contributed by atoms with Crippen LogP contribution in [0.4, 0.5) is 6.01 Å². The van der Waals surface area contributed by atoms with Crippen molar-refractivity contribution in [3.8, 4) is 17.2 Å². The lowest BCUT2D eigenvalue weighted by molar-refractivity contribution is -0.115. The summed E-state index contributed by atoms with van der Waals surface area (Å²) in [4.78, 5) is 12.1. The molecule has 1 N–H and O–H groups in total. The molecule has 0 aliphatic heterocycles. The maximum atomic E-state index is 12.1. The van der Waals surface area contributed by atoms with Crippen molar-refractivity contribution in [2.24, 2.45) is 0 Å². The molecule has 25 heavy (non-hydrogen) atoms. The molecule has 0 radical (unpaired) electrons. The Morgan fingerprint density at radius 3 is 2.56 bits per heavy atom. The van der Waals surface area contributed by atoms with Crippen LogP contribution in [0.1, 0.15) is 16.7 Å². The Morgan fingerprint density at radius 2 is 1.88 bits per heavy atom. The zero-order valence-electron chi connectivity index (χ0n) is 14.4. The number of aromatic nitrogens is 2. The fraction of sp³-hybridized carbons (Fsp3) is 0.211. The van der Waals surface area contributed by atoms with E-state index in [4.69, 9.17) is 9.15 Å². The Hall–Kier alpha value is -3.15. The highest BCUT2D eigenvalue weighted by atomic mass is 16.5. The molecule has 0 spiro atoms. The Balaban J connectivity index is 1.67. The maximum absolute atomic E-state index is 12.1.